The van der Waals surface area contributed by atoms with Crippen molar-refractivity contribution in [3.63, 3.8) is 0 Å². The lowest BCUT2D eigenvalue weighted by Crippen LogP contribution is -2.32. The quantitative estimate of drug-likeness (QED) is 0.528. The van der Waals surface area contributed by atoms with Crippen molar-refractivity contribution < 1.29 is 23.4 Å². The van der Waals surface area contributed by atoms with Crippen LogP contribution in [0.15, 0.2) is 45.6 Å². The van der Waals surface area contributed by atoms with E-state index in [-0.39, 0.29) is 17.1 Å². The second kappa shape index (κ2) is 9.04. The third-order valence-corrected chi connectivity index (χ3v) is 5.54. The normalized spacial score (nSPS) is 15.3. The van der Waals surface area contributed by atoms with Crippen LogP contribution in [0.2, 0.25) is 0 Å². The molecule has 0 fully saturated rings. The molecule has 0 saturated heterocycles. The van der Waals surface area contributed by atoms with Gasteiger partial charge in [-0.1, -0.05) is 17.7 Å². The topological polar surface area (TPSA) is 78.2 Å². The highest BCUT2D eigenvalue weighted by molar-refractivity contribution is 5.99. The summed E-state index contributed by atoms with van der Waals surface area (Å²) in [6, 6.07) is 10.3. The van der Waals surface area contributed by atoms with Gasteiger partial charge in [-0.2, -0.15) is 0 Å². The van der Waals surface area contributed by atoms with Gasteiger partial charge in [-0.05, 0) is 50.6 Å². The van der Waals surface area contributed by atoms with Crippen molar-refractivity contribution in [2.75, 3.05) is 33.5 Å². The molecule has 2 aromatic carbocycles. The Morgan fingerprint density at radius 1 is 1.00 bits per heavy atom. The van der Waals surface area contributed by atoms with E-state index in [4.69, 9.17) is 18.6 Å². The monoisotopic (exact) mass is 437 g/mol. The molecule has 1 aromatic heterocycles. The number of ether oxygens (including phenoxy) is 3. The molecule has 7 nitrogen and oxygen atoms in total. The molecule has 1 atom stereocenters. The molecule has 0 spiro atoms. The first-order valence-electron chi connectivity index (χ1n) is 10.8. The maximum absolute atomic E-state index is 13.6. The summed E-state index contributed by atoms with van der Waals surface area (Å²) in [7, 11) is 1.58. The largest absolute Gasteiger partial charge is 0.490 e. The highest BCUT2D eigenvalue weighted by atomic mass is 16.5. The Hall–Kier alpha value is -3.32. The van der Waals surface area contributed by atoms with Crippen LogP contribution >= 0.6 is 0 Å². The molecule has 0 saturated carbocycles. The highest BCUT2D eigenvalue weighted by Crippen LogP contribution is 2.41. The lowest BCUT2D eigenvalue weighted by atomic mass is 9.97. The van der Waals surface area contributed by atoms with E-state index in [9.17, 15) is 9.59 Å². The molecule has 7 heteroatoms. The summed E-state index contributed by atoms with van der Waals surface area (Å²) in [5.74, 6) is 0.945. The van der Waals surface area contributed by atoms with Crippen LogP contribution < -0.4 is 14.9 Å². The molecular formula is C25H27NO6. The first-order valence-corrected chi connectivity index (χ1v) is 10.8. The molecule has 4 rings (SSSR count). The smallest absolute Gasteiger partial charge is 0.290 e. The molecule has 1 aliphatic rings. The fourth-order valence-electron chi connectivity index (χ4n) is 4.14. The molecule has 32 heavy (non-hydrogen) atoms. The lowest BCUT2D eigenvalue weighted by Gasteiger charge is -2.25. The van der Waals surface area contributed by atoms with Crippen LogP contribution in [0.5, 0.6) is 11.5 Å². The third-order valence-electron chi connectivity index (χ3n) is 5.54. The summed E-state index contributed by atoms with van der Waals surface area (Å²) in [6.45, 7) is 7.32. The number of nitrogens with zero attached hydrogens (tertiary/aromatic N) is 1. The first kappa shape index (κ1) is 21.9. The van der Waals surface area contributed by atoms with Gasteiger partial charge in [0.05, 0.1) is 36.8 Å². The number of rotatable bonds is 8. The standard InChI is InChI=1S/C25H27NO6/c1-5-30-19-10-8-16(14-20(19)31-6-2)22-21-23(27)17-13-15(3)7-9-18(17)32-24(21)25(28)26(22)11-12-29-4/h7-10,13-14,22H,5-6,11-12H2,1-4H3. The summed E-state index contributed by atoms with van der Waals surface area (Å²) in [6.07, 6.45) is 0. The summed E-state index contributed by atoms with van der Waals surface area (Å²) in [4.78, 5) is 28.5. The van der Waals surface area contributed by atoms with Gasteiger partial charge in [0.1, 0.15) is 5.58 Å². The van der Waals surface area contributed by atoms with E-state index >= 15 is 0 Å². The van der Waals surface area contributed by atoms with Crippen LogP contribution in [0.3, 0.4) is 0 Å². The minimum Gasteiger partial charge on any atom is -0.490 e. The SMILES string of the molecule is CCOc1ccc(C2c3c(oc4ccc(C)cc4c3=O)C(=O)N2CCOC)cc1OCC. The van der Waals surface area contributed by atoms with E-state index in [1.165, 1.54) is 0 Å². The van der Waals surface area contributed by atoms with E-state index < -0.39 is 6.04 Å². The number of hydrogen-bond donors (Lipinski definition) is 0. The number of fused-ring (bicyclic) bond motifs is 2. The van der Waals surface area contributed by atoms with E-state index in [1.807, 2.05) is 45.0 Å². The molecule has 1 aliphatic heterocycles. The molecule has 1 unspecified atom stereocenters. The Kier molecular flexibility index (Phi) is 6.19. The van der Waals surface area contributed by atoms with Crippen LogP contribution in [0.25, 0.3) is 11.0 Å². The summed E-state index contributed by atoms with van der Waals surface area (Å²) < 4.78 is 22.7. The van der Waals surface area contributed by atoms with Gasteiger partial charge in [0, 0.05) is 13.7 Å². The van der Waals surface area contributed by atoms with Gasteiger partial charge in [0.2, 0.25) is 5.76 Å². The minimum absolute atomic E-state index is 0.0827. The summed E-state index contributed by atoms with van der Waals surface area (Å²) in [5, 5.41) is 0.464. The Morgan fingerprint density at radius 2 is 1.75 bits per heavy atom. The predicted molar refractivity (Wildman–Crippen MR) is 121 cm³/mol. The zero-order valence-electron chi connectivity index (χ0n) is 18.8. The third kappa shape index (κ3) is 3.73. The summed E-state index contributed by atoms with van der Waals surface area (Å²) >= 11 is 0. The van der Waals surface area contributed by atoms with Gasteiger partial charge in [-0.3, -0.25) is 9.59 Å². The second-order valence-electron chi connectivity index (χ2n) is 7.64. The van der Waals surface area contributed by atoms with Gasteiger partial charge in [-0.25, -0.2) is 0 Å². The van der Waals surface area contributed by atoms with Crippen LogP contribution in [-0.4, -0.2) is 44.3 Å². The van der Waals surface area contributed by atoms with Gasteiger partial charge < -0.3 is 23.5 Å². The van der Waals surface area contributed by atoms with E-state index in [0.717, 1.165) is 11.1 Å². The molecule has 3 aromatic rings. The minimum atomic E-state index is -0.608. The number of carbonyl (C=O) groups excluding carboxylic acids is 1. The van der Waals surface area contributed by atoms with Crippen LogP contribution in [0.4, 0.5) is 0 Å². The zero-order chi connectivity index (χ0) is 22.8. The van der Waals surface area contributed by atoms with Crippen molar-refractivity contribution in [3.8, 4) is 11.5 Å². The van der Waals surface area contributed by atoms with Crippen molar-refractivity contribution in [3.05, 3.63) is 69.1 Å². The fraction of sp³-hybridized carbons (Fsp3) is 0.360. The number of amides is 1. The maximum atomic E-state index is 13.6. The highest BCUT2D eigenvalue weighted by Gasteiger charge is 2.42. The fourth-order valence-corrected chi connectivity index (χ4v) is 4.14. The first-order chi connectivity index (χ1) is 15.5. The van der Waals surface area contributed by atoms with Crippen molar-refractivity contribution in [1.82, 2.24) is 4.90 Å². The average molecular weight is 437 g/mol. The van der Waals surface area contributed by atoms with Crippen LogP contribution in [0.1, 0.15) is 47.1 Å². The number of aryl methyl sites for hydroxylation is 1. The molecule has 0 aliphatic carbocycles. The van der Waals surface area contributed by atoms with Gasteiger partial charge in [0.25, 0.3) is 5.91 Å². The van der Waals surface area contributed by atoms with Gasteiger partial charge in [0.15, 0.2) is 16.9 Å². The summed E-state index contributed by atoms with van der Waals surface area (Å²) in [5.41, 5.74) is 2.24. The number of carbonyl (C=O) groups is 1. The number of hydrogen-bond acceptors (Lipinski definition) is 6. The molecule has 0 N–H and O–H groups in total. The Balaban J connectivity index is 1.93. The van der Waals surface area contributed by atoms with Crippen molar-refractivity contribution in [1.29, 1.82) is 0 Å². The van der Waals surface area contributed by atoms with Crippen LogP contribution in [0, 0.1) is 6.92 Å². The molecular weight excluding hydrogens is 410 g/mol. The molecule has 0 radical (unpaired) electrons. The number of benzene rings is 2. The molecule has 1 amide bonds. The van der Waals surface area contributed by atoms with Gasteiger partial charge >= 0.3 is 0 Å². The van der Waals surface area contributed by atoms with E-state index in [0.29, 0.717) is 54.4 Å². The molecule has 168 valence electrons. The number of methoxy groups -OCH3 is 1. The Labute approximate surface area is 186 Å². The van der Waals surface area contributed by atoms with Crippen molar-refractivity contribution in [2.24, 2.45) is 0 Å². The van der Waals surface area contributed by atoms with Crippen LogP contribution in [-0.2, 0) is 4.74 Å². The zero-order valence-corrected chi connectivity index (χ0v) is 18.8. The van der Waals surface area contributed by atoms with Crippen molar-refractivity contribution >= 4 is 16.9 Å². The second-order valence-corrected chi connectivity index (χ2v) is 7.64. The average Bonchev–Trinajstić information content (AvgIpc) is 3.06. The van der Waals surface area contributed by atoms with Gasteiger partial charge in [-0.15, -0.1) is 0 Å². The predicted octanol–water partition coefficient (Wildman–Crippen LogP) is 4.09. The maximum Gasteiger partial charge on any atom is 0.290 e. The Morgan fingerprint density at radius 3 is 2.47 bits per heavy atom. The lowest BCUT2D eigenvalue weighted by molar-refractivity contribution is 0.0663. The van der Waals surface area contributed by atoms with Crippen molar-refractivity contribution in [2.45, 2.75) is 26.8 Å². The Bertz CT molecular complexity index is 1220. The van der Waals surface area contributed by atoms with E-state index in [1.54, 1.807) is 24.1 Å². The molecule has 2 heterocycles. The van der Waals surface area contributed by atoms with E-state index in [2.05, 4.69) is 0 Å². The molecule has 0 bridgehead atoms.